The molecule has 0 saturated heterocycles. The Hall–Kier alpha value is -0.630. The van der Waals surface area contributed by atoms with Gasteiger partial charge in [0.25, 0.3) is 0 Å². The van der Waals surface area contributed by atoms with E-state index in [1.807, 2.05) is 0 Å². The highest BCUT2D eigenvalue weighted by atomic mass is 32.2. The molecule has 66 valence electrons. The maximum Gasteiger partial charge on any atom is 0.132 e. The minimum atomic E-state index is 0.988. The van der Waals surface area contributed by atoms with E-state index in [-0.39, 0.29) is 0 Å². The highest BCUT2D eigenvalue weighted by molar-refractivity contribution is 7.98. The van der Waals surface area contributed by atoms with E-state index >= 15 is 0 Å². The fourth-order valence-corrected chi connectivity index (χ4v) is 1.65. The lowest BCUT2D eigenvalue weighted by atomic mass is 10.2. The topological polar surface area (TPSA) is 9.23 Å². The number of hydrogen-bond donors (Lipinski definition) is 0. The van der Waals surface area contributed by atoms with Crippen molar-refractivity contribution in [1.29, 1.82) is 0 Å². The molecule has 0 bridgehead atoms. The summed E-state index contributed by atoms with van der Waals surface area (Å²) in [4.78, 5) is 1.20. The molecule has 0 amide bonds. The van der Waals surface area contributed by atoms with Gasteiger partial charge in [-0.05, 0) is 30.4 Å². The zero-order valence-corrected chi connectivity index (χ0v) is 8.57. The van der Waals surface area contributed by atoms with Crippen LogP contribution in [0.4, 0.5) is 0 Å². The van der Waals surface area contributed by atoms with Crippen LogP contribution in [-0.4, -0.2) is 13.4 Å². The molecule has 0 spiro atoms. The van der Waals surface area contributed by atoms with Crippen molar-refractivity contribution in [3.8, 4) is 5.75 Å². The zero-order valence-electron chi connectivity index (χ0n) is 7.76. The van der Waals surface area contributed by atoms with E-state index < -0.39 is 0 Å². The molecule has 1 aromatic carbocycles. The fourth-order valence-electron chi connectivity index (χ4n) is 1.10. The largest absolute Gasteiger partial charge is 0.496 e. The van der Waals surface area contributed by atoms with Crippen LogP contribution in [0.5, 0.6) is 5.75 Å². The molecule has 2 heteroatoms. The summed E-state index contributed by atoms with van der Waals surface area (Å²) in [5, 5.41) is 0. The molecular formula is C10H14OS. The Morgan fingerprint density at radius 2 is 2.17 bits per heavy atom. The molecule has 0 radical (unpaired) electrons. The average molecular weight is 182 g/mol. The van der Waals surface area contributed by atoms with Crippen LogP contribution >= 0.6 is 11.8 Å². The van der Waals surface area contributed by atoms with E-state index in [2.05, 4.69) is 31.4 Å². The minimum absolute atomic E-state index is 0.988. The van der Waals surface area contributed by atoms with Crippen molar-refractivity contribution in [2.24, 2.45) is 0 Å². The molecule has 0 heterocycles. The molecule has 0 N–H and O–H groups in total. The monoisotopic (exact) mass is 182 g/mol. The van der Waals surface area contributed by atoms with E-state index in [0.29, 0.717) is 0 Å². The molecule has 0 saturated carbocycles. The molecule has 1 aromatic rings. The second-order valence-corrected chi connectivity index (χ2v) is 3.39. The van der Waals surface area contributed by atoms with Crippen molar-refractivity contribution in [2.75, 3.05) is 13.4 Å². The van der Waals surface area contributed by atoms with Crippen LogP contribution < -0.4 is 4.74 Å². The Labute approximate surface area is 78.1 Å². The summed E-state index contributed by atoms with van der Waals surface area (Å²) >= 11 is 1.71. The van der Waals surface area contributed by atoms with Gasteiger partial charge in [-0.15, -0.1) is 11.8 Å². The second kappa shape index (κ2) is 4.41. The molecule has 0 atom stereocenters. The molecule has 0 aliphatic rings. The first kappa shape index (κ1) is 9.46. The standard InChI is InChI=1S/C10H14OS/c1-4-8-5-6-10(12-3)9(7-8)11-2/h5-7H,4H2,1-3H3. The first-order chi connectivity index (χ1) is 5.81. The van der Waals surface area contributed by atoms with E-state index in [9.17, 15) is 0 Å². The van der Waals surface area contributed by atoms with Crippen molar-refractivity contribution in [3.63, 3.8) is 0 Å². The number of hydrogen-bond acceptors (Lipinski definition) is 2. The summed E-state index contributed by atoms with van der Waals surface area (Å²) in [5.41, 5.74) is 1.32. The highest BCUT2D eigenvalue weighted by Crippen LogP contribution is 2.28. The van der Waals surface area contributed by atoms with Crippen molar-refractivity contribution in [1.82, 2.24) is 0 Å². The van der Waals surface area contributed by atoms with Crippen LogP contribution in [-0.2, 0) is 6.42 Å². The first-order valence-electron chi connectivity index (χ1n) is 4.02. The van der Waals surface area contributed by atoms with Gasteiger partial charge in [-0.25, -0.2) is 0 Å². The van der Waals surface area contributed by atoms with Gasteiger partial charge in [-0.2, -0.15) is 0 Å². The maximum atomic E-state index is 5.26. The molecule has 0 aliphatic carbocycles. The molecule has 0 aromatic heterocycles. The molecule has 12 heavy (non-hydrogen) atoms. The normalized spacial score (nSPS) is 9.92. The Morgan fingerprint density at radius 3 is 2.67 bits per heavy atom. The van der Waals surface area contributed by atoms with E-state index in [1.54, 1.807) is 18.9 Å². The van der Waals surface area contributed by atoms with Crippen LogP contribution in [0.25, 0.3) is 0 Å². The van der Waals surface area contributed by atoms with Crippen LogP contribution in [0.1, 0.15) is 12.5 Å². The Bertz CT molecular complexity index is 258. The zero-order chi connectivity index (χ0) is 8.97. The summed E-state index contributed by atoms with van der Waals surface area (Å²) < 4.78 is 5.26. The van der Waals surface area contributed by atoms with Crippen LogP contribution in [0.3, 0.4) is 0 Å². The third-order valence-electron chi connectivity index (χ3n) is 1.86. The first-order valence-corrected chi connectivity index (χ1v) is 5.25. The van der Waals surface area contributed by atoms with Gasteiger partial charge in [0, 0.05) is 4.90 Å². The SMILES string of the molecule is CCc1ccc(SC)c(OC)c1. The van der Waals surface area contributed by atoms with Crippen molar-refractivity contribution in [2.45, 2.75) is 18.2 Å². The Balaban J connectivity index is 3.02. The van der Waals surface area contributed by atoms with Gasteiger partial charge in [-0.3, -0.25) is 0 Å². The van der Waals surface area contributed by atoms with Gasteiger partial charge in [0.2, 0.25) is 0 Å². The summed E-state index contributed by atoms with van der Waals surface area (Å²) in [5.74, 6) is 0.988. The number of methoxy groups -OCH3 is 1. The maximum absolute atomic E-state index is 5.26. The predicted molar refractivity (Wildman–Crippen MR) is 54.2 cm³/mol. The number of aryl methyl sites for hydroxylation is 1. The smallest absolute Gasteiger partial charge is 0.132 e. The van der Waals surface area contributed by atoms with E-state index in [4.69, 9.17) is 4.74 Å². The summed E-state index contributed by atoms with van der Waals surface area (Å²) in [7, 11) is 1.72. The van der Waals surface area contributed by atoms with Crippen molar-refractivity contribution >= 4 is 11.8 Å². The van der Waals surface area contributed by atoms with E-state index in [1.165, 1.54) is 10.5 Å². The predicted octanol–water partition coefficient (Wildman–Crippen LogP) is 2.98. The quantitative estimate of drug-likeness (QED) is 0.665. The molecule has 1 nitrogen and oxygen atoms in total. The Kier molecular flexibility index (Phi) is 3.48. The van der Waals surface area contributed by atoms with Gasteiger partial charge in [0.1, 0.15) is 5.75 Å². The number of benzene rings is 1. The number of ether oxygens (including phenoxy) is 1. The molecule has 0 fully saturated rings. The van der Waals surface area contributed by atoms with Gasteiger partial charge < -0.3 is 4.74 Å². The Morgan fingerprint density at radius 1 is 1.42 bits per heavy atom. The summed E-state index contributed by atoms with van der Waals surface area (Å²) in [6.45, 7) is 2.15. The number of rotatable bonds is 3. The lowest BCUT2D eigenvalue weighted by molar-refractivity contribution is 0.404. The highest BCUT2D eigenvalue weighted by Gasteiger charge is 2.01. The van der Waals surface area contributed by atoms with Crippen molar-refractivity contribution in [3.05, 3.63) is 23.8 Å². The van der Waals surface area contributed by atoms with Gasteiger partial charge in [0.05, 0.1) is 7.11 Å². The average Bonchev–Trinajstić information content (AvgIpc) is 2.16. The van der Waals surface area contributed by atoms with Crippen molar-refractivity contribution < 1.29 is 4.74 Å². The van der Waals surface area contributed by atoms with Crippen LogP contribution in [0, 0.1) is 0 Å². The minimum Gasteiger partial charge on any atom is -0.496 e. The summed E-state index contributed by atoms with van der Waals surface area (Å²) in [6, 6.07) is 6.36. The fraction of sp³-hybridized carbons (Fsp3) is 0.400. The molecular weight excluding hydrogens is 168 g/mol. The third kappa shape index (κ3) is 1.95. The van der Waals surface area contributed by atoms with E-state index in [0.717, 1.165) is 12.2 Å². The van der Waals surface area contributed by atoms with Crippen LogP contribution in [0.2, 0.25) is 0 Å². The van der Waals surface area contributed by atoms with Gasteiger partial charge in [-0.1, -0.05) is 13.0 Å². The summed E-state index contributed by atoms with van der Waals surface area (Å²) in [6.07, 6.45) is 3.12. The molecule has 0 aliphatic heterocycles. The van der Waals surface area contributed by atoms with Gasteiger partial charge in [0.15, 0.2) is 0 Å². The molecule has 1 rings (SSSR count). The molecule has 0 unspecified atom stereocenters. The third-order valence-corrected chi connectivity index (χ3v) is 2.63. The lowest BCUT2D eigenvalue weighted by Gasteiger charge is -2.07. The van der Waals surface area contributed by atoms with Crippen LogP contribution in [0.15, 0.2) is 23.1 Å². The second-order valence-electron chi connectivity index (χ2n) is 2.54. The number of thioether (sulfide) groups is 1. The lowest BCUT2D eigenvalue weighted by Crippen LogP contribution is -1.88. The van der Waals surface area contributed by atoms with Gasteiger partial charge >= 0.3 is 0 Å².